The predicted octanol–water partition coefficient (Wildman–Crippen LogP) is 5.02. The number of amides is 5. The largest absolute Gasteiger partial charge is 0.368 e. The molecule has 260 valence electrons. The number of fused-ring (bicyclic) bond motifs is 1. The minimum absolute atomic E-state index is 0.108. The van der Waals surface area contributed by atoms with E-state index in [1.807, 2.05) is 30.3 Å². The van der Waals surface area contributed by atoms with E-state index in [2.05, 4.69) is 47.5 Å². The van der Waals surface area contributed by atoms with Crippen LogP contribution in [0.3, 0.4) is 0 Å². The first-order valence-electron chi connectivity index (χ1n) is 15.9. The van der Waals surface area contributed by atoms with Crippen LogP contribution in [0.15, 0.2) is 78.9 Å². The lowest BCUT2D eigenvalue weighted by Crippen LogP contribution is -2.57. The molecule has 0 bridgehead atoms. The molecule has 3 aromatic rings. The number of primary amides is 1. The Morgan fingerprint density at radius 3 is 1.88 bits per heavy atom. The Morgan fingerprint density at radius 2 is 1.35 bits per heavy atom. The number of carbonyl (C=O) groups excluding carboxylic acids is 6. The molecule has 2 atom stereocenters. The van der Waals surface area contributed by atoms with Crippen LogP contribution in [0.4, 0.5) is 0 Å². The fourth-order valence-corrected chi connectivity index (χ4v) is 6.14. The molecule has 5 amide bonds. The van der Waals surface area contributed by atoms with E-state index in [9.17, 15) is 28.8 Å². The van der Waals surface area contributed by atoms with E-state index in [4.69, 9.17) is 5.73 Å². The van der Waals surface area contributed by atoms with Crippen LogP contribution in [0.2, 0.25) is 0 Å². The van der Waals surface area contributed by atoms with E-state index in [0.29, 0.717) is 29.7 Å². The third-order valence-electron chi connectivity index (χ3n) is 7.62. The second-order valence-corrected chi connectivity index (χ2v) is 14.4. The third-order valence-corrected chi connectivity index (χ3v) is 8.72. The number of carbonyl (C=O) groups is 6. The molecule has 1 aliphatic rings. The highest BCUT2D eigenvalue weighted by atomic mass is 32.2. The minimum atomic E-state index is -0.917. The average molecular weight is 705 g/mol. The number of unbranched alkanes of at least 4 members (excludes halogenated alkanes) is 1. The molecule has 1 heterocycles. The monoisotopic (exact) mass is 704 g/mol. The van der Waals surface area contributed by atoms with Crippen molar-refractivity contribution >= 4 is 59.0 Å². The van der Waals surface area contributed by atoms with E-state index in [1.165, 1.54) is 23.6 Å². The van der Waals surface area contributed by atoms with Crippen molar-refractivity contribution in [1.29, 1.82) is 0 Å². The average Bonchev–Trinajstić information content (AvgIpc) is 3.29. The smallest absolute Gasteiger partial charge is 0.261 e. The molecule has 3 aromatic carbocycles. The van der Waals surface area contributed by atoms with Gasteiger partial charge >= 0.3 is 0 Å². The first-order chi connectivity index (χ1) is 23.2. The summed E-state index contributed by atoms with van der Waals surface area (Å²) in [7, 11) is 0. The van der Waals surface area contributed by atoms with Gasteiger partial charge in [0.2, 0.25) is 17.7 Å². The van der Waals surface area contributed by atoms with E-state index >= 15 is 0 Å². The van der Waals surface area contributed by atoms with Gasteiger partial charge in [-0.1, -0.05) is 87.5 Å². The van der Waals surface area contributed by atoms with Crippen LogP contribution in [0, 0.1) is 5.41 Å². The van der Waals surface area contributed by atoms with Gasteiger partial charge in [-0.15, -0.1) is 12.6 Å². The summed E-state index contributed by atoms with van der Waals surface area (Å²) in [5.74, 6) is -1.23. The number of nitrogens with zero attached hydrogens (tertiary/aromatic N) is 1. The zero-order chi connectivity index (χ0) is 36.1. The number of thioether (sulfide) groups is 1. The summed E-state index contributed by atoms with van der Waals surface area (Å²) < 4.78 is 0. The molecule has 0 spiro atoms. The van der Waals surface area contributed by atoms with Gasteiger partial charge in [0, 0.05) is 31.4 Å². The molecule has 1 aliphatic heterocycles. The molecule has 1 unspecified atom stereocenters. The number of hydrogen-bond acceptors (Lipinski definition) is 7. The maximum absolute atomic E-state index is 13.3. The van der Waals surface area contributed by atoms with Crippen molar-refractivity contribution < 1.29 is 28.8 Å². The van der Waals surface area contributed by atoms with E-state index in [1.54, 1.807) is 45.0 Å². The number of imide groups is 1. The Bertz CT molecular complexity index is 1600. The molecule has 0 saturated heterocycles. The van der Waals surface area contributed by atoms with Crippen molar-refractivity contribution in [2.45, 2.75) is 64.8 Å². The molecule has 4 rings (SSSR count). The molecule has 0 saturated carbocycles. The highest BCUT2D eigenvalue weighted by Gasteiger charge is 2.35. The Kier molecular flexibility index (Phi) is 14.6. The topological polar surface area (TPSA) is 156 Å². The lowest BCUT2D eigenvalue weighted by atomic mass is 9.86. The normalized spacial score (nSPS) is 13.4. The highest BCUT2D eigenvalue weighted by molar-refractivity contribution is 7.98. The van der Waals surface area contributed by atoms with E-state index in [0.717, 1.165) is 16.7 Å². The summed E-state index contributed by atoms with van der Waals surface area (Å²) in [6.07, 6.45) is 0.967. The van der Waals surface area contributed by atoms with Crippen molar-refractivity contribution in [3.05, 3.63) is 95.6 Å². The SMILES string of the molecule is CC(=O)S.CC(C)(C)C(NC(=O)[C@H](CSCc1ccc(-c2ccccc2)cc1)NC(=O)CCCCN1C(=O)c2ccccc2C1=O)C(N)=O. The summed E-state index contributed by atoms with van der Waals surface area (Å²) in [6, 6.07) is 23.2. The van der Waals surface area contributed by atoms with Gasteiger partial charge in [-0.2, -0.15) is 11.8 Å². The number of hydrogen-bond donors (Lipinski definition) is 4. The van der Waals surface area contributed by atoms with E-state index in [-0.39, 0.29) is 41.6 Å². The van der Waals surface area contributed by atoms with Crippen LogP contribution in [0.1, 0.15) is 73.2 Å². The van der Waals surface area contributed by atoms with Crippen molar-refractivity contribution in [1.82, 2.24) is 15.5 Å². The molecular weight excluding hydrogens is 661 g/mol. The van der Waals surface area contributed by atoms with Crippen LogP contribution < -0.4 is 16.4 Å². The molecule has 49 heavy (non-hydrogen) atoms. The summed E-state index contributed by atoms with van der Waals surface area (Å²) >= 11 is 4.82. The van der Waals surface area contributed by atoms with Gasteiger partial charge in [0.1, 0.15) is 12.1 Å². The zero-order valence-corrected chi connectivity index (χ0v) is 29.9. The van der Waals surface area contributed by atoms with Crippen molar-refractivity contribution in [2.75, 3.05) is 12.3 Å². The number of nitrogens with one attached hydrogen (secondary N) is 2. The number of benzene rings is 3. The molecular formula is C37H44N4O6S2. The quantitative estimate of drug-likeness (QED) is 0.104. The zero-order valence-electron chi connectivity index (χ0n) is 28.2. The predicted molar refractivity (Wildman–Crippen MR) is 196 cm³/mol. The summed E-state index contributed by atoms with van der Waals surface area (Å²) in [6.45, 7) is 7.01. The summed E-state index contributed by atoms with van der Waals surface area (Å²) in [5, 5.41) is 5.42. The maximum atomic E-state index is 13.3. The van der Waals surface area contributed by atoms with Gasteiger partial charge in [-0.25, -0.2) is 0 Å². The van der Waals surface area contributed by atoms with Crippen LogP contribution >= 0.6 is 24.4 Å². The van der Waals surface area contributed by atoms with Crippen molar-refractivity contribution in [3.63, 3.8) is 0 Å². The number of rotatable bonds is 14. The fourth-order valence-electron chi connectivity index (χ4n) is 5.12. The van der Waals surface area contributed by atoms with Crippen LogP contribution in [0.25, 0.3) is 11.1 Å². The molecule has 10 nitrogen and oxygen atoms in total. The summed E-state index contributed by atoms with van der Waals surface area (Å²) in [4.78, 5) is 74.1. The lowest BCUT2D eigenvalue weighted by Gasteiger charge is -2.30. The Morgan fingerprint density at radius 1 is 0.816 bits per heavy atom. The number of thiol groups is 1. The molecule has 12 heteroatoms. The van der Waals surface area contributed by atoms with Crippen LogP contribution in [0.5, 0.6) is 0 Å². The highest BCUT2D eigenvalue weighted by Crippen LogP contribution is 2.24. The molecule has 0 aliphatic carbocycles. The van der Waals surface area contributed by atoms with Crippen LogP contribution in [-0.2, 0) is 24.9 Å². The van der Waals surface area contributed by atoms with E-state index < -0.39 is 29.3 Å². The molecule has 0 radical (unpaired) electrons. The van der Waals surface area contributed by atoms with Gasteiger partial charge < -0.3 is 16.4 Å². The lowest BCUT2D eigenvalue weighted by molar-refractivity contribution is -0.132. The van der Waals surface area contributed by atoms with Gasteiger partial charge in [0.05, 0.1) is 11.1 Å². The molecule has 0 fully saturated rings. The second-order valence-electron chi connectivity index (χ2n) is 12.7. The Hall–Kier alpha value is -4.42. The van der Waals surface area contributed by atoms with Gasteiger partial charge in [0.15, 0.2) is 5.12 Å². The Balaban J connectivity index is 0.00000154. The minimum Gasteiger partial charge on any atom is -0.368 e. The molecule has 4 N–H and O–H groups in total. The Labute approximate surface area is 297 Å². The van der Waals surface area contributed by atoms with Crippen LogP contribution in [-0.4, -0.2) is 63.9 Å². The van der Waals surface area contributed by atoms with Crippen molar-refractivity contribution in [3.8, 4) is 11.1 Å². The molecule has 0 aromatic heterocycles. The summed E-state index contributed by atoms with van der Waals surface area (Å²) in [5.41, 5.74) is 9.06. The first kappa shape index (κ1) is 39.0. The van der Waals surface area contributed by atoms with Gasteiger partial charge in [-0.05, 0) is 47.1 Å². The standard InChI is InChI=1S/C35H40N4O5S.C2H4OS/c1-35(2,3)30(31(36)41)38-32(42)28(22-45-21-23-16-18-25(19-17-23)24-11-5-4-6-12-24)37-29(40)15-9-10-20-39-33(43)26-13-7-8-14-27(26)34(39)44;1-2(3)4/h4-8,11-14,16-19,28,30H,9-10,15,20-22H2,1-3H3,(H2,36,41)(H,37,40)(H,38,42);1H3,(H,3,4)/t28-,30?;/m0./s1. The first-order valence-corrected chi connectivity index (χ1v) is 17.5. The fraction of sp³-hybridized carbons (Fsp3) is 0.351. The van der Waals surface area contributed by atoms with Gasteiger partial charge in [-0.3, -0.25) is 33.7 Å². The maximum Gasteiger partial charge on any atom is 0.261 e. The van der Waals surface area contributed by atoms with Crippen molar-refractivity contribution in [2.24, 2.45) is 11.1 Å². The van der Waals surface area contributed by atoms with Gasteiger partial charge in [0.25, 0.3) is 11.8 Å². The third kappa shape index (κ3) is 11.9. The number of nitrogens with two attached hydrogens (primary N) is 1. The second kappa shape index (κ2) is 18.4.